The molecule has 0 unspecified atom stereocenters. The van der Waals surface area contributed by atoms with Crippen LogP contribution in [0.1, 0.15) is 18.4 Å². The zero-order valence-corrected chi connectivity index (χ0v) is 12.6. The molecule has 2 amide bonds. The highest BCUT2D eigenvalue weighted by atomic mass is 16.7. The summed E-state index contributed by atoms with van der Waals surface area (Å²) < 4.78 is 11.2. The first-order chi connectivity index (χ1) is 10.6. The minimum atomic E-state index is -0.604. The molecule has 3 rings (SSSR count). The molecule has 0 aromatic heterocycles. The zero-order chi connectivity index (χ0) is 15.6. The van der Waals surface area contributed by atoms with Crippen molar-refractivity contribution in [3.63, 3.8) is 0 Å². The van der Waals surface area contributed by atoms with Crippen LogP contribution in [0.5, 0.6) is 0 Å². The number of anilines is 1. The molecule has 6 nitrogen and oxygen atoms in total. The monoisotopic (exact) mass is 304 g/mol. The molecule has 6 heteroatoms. The molecule has 1 spiro atoms. The molecule has 0 bridgehead atoms. The second-order valence-corrected chi connectivity index (χ2v) is 5.72. The van der Waals surface area contributed by atoms with Gasteiger partial charge in [-0.15, -0.1) is 0 Å². The maximum atomic E-state index is 12.2. The molecule has 1 N–H and O–H groups in total. The maximum absolute atomic E-state index is 12.2. The van der Waals surface area contributed by atoms with Crippen LogP contribution in [0.2, 0.25) is 0 Å². The third kappa shape index (κ3) is 3.13. The van der Waals surface area contributed by atoms with Crippen molar-refractivity contribution in [1.29, 1.82) is 0 Å². The fourth-order valence-electron chi connectivity index (χ4n) is 2.80. The van der Waals surface area contributed by atoms with E-state index in [2.05, 4.69) is 5.32 Å². The van der Waals surface area contributed by atoms with Gasteiger partial charge in [0.05, 0.1) is 13.2 Å². The Hall–Kier alpha value is -1.92. The molecule has 0 radical (unpaired) electrons. The molecule has 2 aliphatic rings. The fraction of sp³-hybridized carbons (Fsp3) is 0.500. The first-order valence-corrected chi connectivity index (χ1v) is 7.53. The van der Waals surface area contributed by atoms with Gasteiger partial charge in [0.15, 0.2) is 5.79 Å². The molecule has 2 heterocycles. The van der Waals surface area contributed by atoms with Gasteiger partial charge in [-0.05, 0) is 19.1 Å². The summed E-state index contributed by atoms with van der Waals surface area (Å²) >= 11 is 0. The van der Waals surface area contributed by atoms with Gasteiger partial charge in [-0.25, -0.2) is 0 Å². The van der Waals surface area contributed by atoms with E-state index in [1.54, 1.807) is 17.0 Å². The number of ether oxygens (including phenoxy) is 2. The number of nitrogens with zero attached hydrogens (tertiary/aromatic N) is 1. The molecule has 1 aromatic rings. The van der Waals surface area contributed by atoms with Crippen LogP contribution in [0.4, 0.5) is 5.69 Å². The normalized spacial score (nSPS) is 20.1. The molecule has 22 heavy (non-hydrogen) atoms. The first kappa shape index (κ1) is 15.0. The number of hydrogen-bond donors (Lipinski definition) is 1. The van der Waals surface area contributed by atoms with E-state index in [4.69, 9.17) is 9.47 Å². The van der Waals surface area contributed by atoms with Crippen LogP contribution in [0.15, 0.2) is 24.3 Å². The van der Waals surface area contributed by atoms with Crippen LogP contribution in [0.3, 0.4) is 0 Å². The number of rotatable bonds is 1. The quantitative estimate of drug-likeness (QED) is 0.794. The summed E-state index contributed by atoms with van der Waals surface area (Å²) in [5.41, 5.74) is 1.72. The highest BCUT2D eigenvalue weighted by Gasteiger charge is 2.41. The van der Waals surface area contributed by atoms with Gasteiger partial charge in [0, 0.05) is 31.6 Å². The van der Waals surface area contributed by atoms with Crippen molar-refractivity contribution in [2.75, 3.05) is 31.6 Å². The number of hydrogen-bond acceptors (Lipinski definition) is 4. The van der Waals surface area contributed by atoms with Gasteiger partial charge in [-0.1, -0.05) is 17.7 Å². The minimum Gasteiger partial charge on any atom is -0.347 e. The Labute approximate surface area is 129 Å². The fourth-order valence-corrected chi connectivity index (χ4v) is 2.80. The maximum Gasteiger partial charge on any atom is 0.313 e. The molecule has 0 aliphatic carbocycles. The Morgan fingerprint density at radius 2 is 1.68 bits per heavy atom. The van der Waals surface area contributed by atoms with Crippen molar-refractivity contribution >= 4 is 17.5 Å². The van der Waals surface area contributed by atoms with Crippen molar-refractivity contribution in [3.8, 4) is 0 Å². The SMILES string of the molecule is Cc1ccc(NC(=O)C(=O)N2CCC3(CC2)OCCO3)cc1. The lowest BCUT2D eigenvalue weighted by molar-refractivity contribution is -0.187. The van der Waals surface area contributed by atoms with Gasteiger partial charge < -0.3 is 19.7 Å². The van der Waals surface area contributed by atoms with Gasteiger partial charge in [0.1, 0.15) is 0 Å². The van der Waals surface area contributed by atoms with Crippen LogP contribution >= 0.6 is 0 Å². The Morgan fingerprint density at radius 1 is 1.09 bits per heavy atom. The second-order valence-electron chi connectivity index (χ2n) is 5.72. The highest BCUT2D eigenvalue weighted by Crippen LogP contribution is 2.31. The van der Waals surface area contributed by atoms with E-state index in [1.165, 1.54) is 0 Å². The Morgan fingerprint density at radius 3 is 2.27 bits per heavy atom. The summed E-state index contributed by atoms with van der Waals surface area (Å²) in [5, 5.41) is 2.63. The van der Waals surface area contributed by atoms with Crippen molar-refractivity contribution in [3.05, 3.63) is 29.8 Å². The van der Waals surface area contributed by atoms with Crippen molar-refractivity contribution in [2.45, 2.75) is 25.6 Å². The number of piperidine rings is 1. The van der Waals surface area contributed by atoms with Gasteiger partial charge in [0.2, 0.25) is 0 Å². The molecule has 2 saturated heterocycles. The number of benzene rings is 1. The Kier molecular flexibility index (Phi) is 4.13. The van der Waals surface area contributed by atoms with E-state index in [9.17, 15) is 9.59 Å². The average molecular weight is 304 g/mol. The molecular formula is C16H20N2O4. The summed E-state index contributed by atoms with van der Waals surface area (Å²) in [6, 6.07) is 7.34. The molecule has 2 aliphatic heterocycles. The van der Waals surface area contributed by atoms with E-state index in [0.717, 1.165) is 5.56 Å². The van der Waals surface area contributed by atoms with Crippen LogP contribution in [-0.2, 0) is 19.1 Å². The predicted molar refractivity (Wildman–Crippen MR) is 80.3 cm³/mol. The largest absolute Gasteiger partial charge is 0.347 e. The molecular weight excluding hydrogens is 284 g/mol. The lowest BCUT2D eigenvalue weighted by Gasteiger charge is -2.37. The van der Waals surface area contributed by atoms with Gasteiger partial charge in [-0.3, -0.25) is 9.59 Å². The second kappa shape index (κ2) is 6.06. The average Bonchev–Trinajstić information content (AvgIpc) is 2.98. The van der Waals surface area contributed by atoms with E-state index >= 15 is 0 Å². The third-order valence-electron chi connectivity index (χ3n) is 4.13. The third-order valence-corrected chi connectivity index (χ3v) is 4.13. The molecule has 0 saturated carbocycles. The van der Waals surface area contributed by atoms with E-state index in [0.29, 0.717) is 44.8 Å². The zero-order valence-electron chi connectivity index (χ0n) is 12.6. The number of likely N-dealkylation sites (tertiary alicyclic amines) is 1. The summed E-state index contributed by atoms with van der Waals surface area (Å²) in [4.78, 5) is 25.8. The van der Waals surface area contributed by atoms with E-state index < -0.39 is 17.6 Å². The molecule has 0 atom stereocenters. The Bertz CT molecular complexity index is 554. The van der Waals surface area contributed by atoms with Crippen LogP contribution in [-0.4, -0.2) is 48.8 Å². The summed E-state index contributed by atoms with van der Waals surface area (Å²) in [5.74, 6) is -1.65. The lowest BCUT2D eigenvalue weighted by atomic mass is 10.0. The van der Waals surface area contributed by atoms with Crippen LogP contribution in [0, 0.1) is 6.92 Å². The van der Waals surface area contributed by atoms with Crippen LogP contribution in [0.25, 0.3) is 0 Å². The minimum absolute atomic E-state index is 0.472. The van der Waals surface area contributed by atoms with Gasteiger partial charge >= 0.3 is 11.8 Å². The summed E-state index contributed by atoms with van der Waals surface area (Å²) in [6.45, 7) is 4.11. The van der Waals surface area contributed by atoms with E-state index in [1.807, 2.05) is 19.1 Å². The first-order valence-electron chi connectivity index (χ1n) is 7.53. The van der Waals surface area contributed by atoms with Gasteiger partial charge in [-0.2, -0.15) is 0 Å². The predicted octanol–water partition coefficient (Wildman–Crippen LogP) is 1.30. The van der Waals surface area contributed by atoms with Crippen molar-refractivity contribution < 1.29 is 19.1 Å². The number of carbonyl (C=O) groups excluding carboxylic acids is 2. The number of nitrogens with one attached hydrogen (secondary N) is 1. The highest BCUT2D eigenvalue weighted by molar-refractivity contribution is 6.39. The topological polar surface area (TPSA) is 67.9 Å². The number of aryl methyl sites for hydroxylation is 1. The molecule has 2 fully saturated rings. The molecule has 1 aromatic carbocycles. The van der Waals surface area contributed by atoms with Crippen LogP contribution < -0.4 is 5.32 Å². The van der Waals surface area contributed by atoms with Crippen molar-refractivity contribution in [1.82, 2.24) is 4.90 Å². The Balaban J connectivity index is 1.55. The van der Waals surface area contributed by atoms with Crippen molar-refractivity contribution in [2.24, 2.45) is 0 Å². The molecule has 118 valence electrons. The number of carbonyl (C=O) groups is 2. The standard InChI is InChI=1S/C16H20N2O4/c1-12-2-4-13(5-3-12)17-14(19)15(20)18-8-6-16(7-9-18)21-10-11-22-16/h2-5H,6-11H2,1H3,(H,17,19). The van der Waals surface area contributed by atoms with Gasteiger partial charge in [0.25, 0.3) is 0 Å². The lowest BCUT2D eigenvalue weighted by Crippen LogP contribution is -2.50. The number of amides is 2. The van der Waals surface area contributed by atoms with E-state index in [-0.39, 0.29) is 0 Å². The summed E-state index contributed by atoms with van der Waals surface area (Å²) in [7, 11) is 0. The smallest absolute Gasteiger partial charge is 0.313 e. The summed E-state index contributed by atoms with van der Waals surface area (Å²) in [6.07, 6.45) is 1.22.